The highest BCUT2D eigenvalue weighted by Gasteiger charge is 2.41. The van der Waals surface area contributed by atoms with Crippen LogP contribution in [0.2, 0.25) is 0 Å². The monoisotopic (exact) mass is 281 g/mol. The van der Waals surface area contributed by atoms with E-state index in [4.69, 9.17) is 0 Å². The van der Waals surface area contributed by atoms with Crippen LogP contribution >= 0.6 is 0 Å². The summed E-state index contributed by atoms with van der Waals surface area (Å²) in [7, 11) is 0. The fourth-order valence-corrected chi connectivity index (χ4v) is 2.70. The molecule has 0 saturated heterocycles. The van der Waals surface area contributed by atoms with E-state index in [1.54, 1.807) is 6.07 Å². The van der Waals surface area contributed by atoms with E-state index in [2.05, 4.69) is 20.4 Å². The number of rotatable bonds is 3. The van der Waals surface area contributed by atoms with Crippen molar-refractivity contribution in [1.82, 2.24) is 19.6 Å². The standard InChI is InChI=1S/C13H17F2N5/c1-9-6-11(20-12(19-9)17-8-18-20)16-7-10-4-2-3-5-13(10,14)15/h6,8,10,16H,2-5,7H2,1H3. The van der Waals surface area contributed by atoms with Gasteiger partial charge in [-0.15, -0.1) is 0 Å². The first-order valence-electron chi connectivity index (χ1n) is 6.85. The van der Waals surface area contributed by atoms with Crippen molar-refractivity contribution in [3.05, 3.63) is 18.1 Å². The highest BCUT2D eigenvalue weighted by Crippen LogP contribution is 2.38. The predicted molar refractivity (Wildman–Crippen MR) is 70.9 cm³/mol. The van der Waals surface area contributed by atoms with E-state index in [-0.39, 0.29) is 13.0 Å². The smallest absolute Gasteiger partial charge is 0.254 e. The van der Waals surface area contributed by atoms with Gasteiger partial charge in [0, 0.05) is 30.6 Å². The first kappa shape index (κ1) is 13.2. The van der Waals surface area contributed by atoms with Gasteiger partial charge < -0.3 is 5.32 Å². The fourth-order valence-electron chi connectivity index (χ4n) is 2.70. The van der Waals surface area contributed by atoms with Gasteiger partial charge in [-0.3, -0.25) is 0 Å². The van der Waals surface area contributed by atoms with Gasteiger partial charge in [0.15, 0.2) is 0 Å². The zero-order valence-electron chi connectivity index (χ0n) is 11.3. The van der Waals surface area contributed by atoms with Crippen LogP contribution < -0.4 is 5.32 Å². The molecule has 2 aromatic heterocycles. The summed E-state index contributed by atoms with van der Waals surface area (Å²) in [4.78, 5) is 8.24. The summed E-state index contributed by atoms with van der Waals surface area (Å²) in [6.07, 6.45) is 3.45. The van der Waals surface area contributed by atoms with E-state index in [1.165, 1.54) is 10.8 Å². The summed E-state index contributed by atoms with van der Waals surface area (Å²) in [5.41, 5.74) is 0.781. The Kier molecular flexibility index (Phi) is 3.27. The lowest BCUT2D eigenvalue weighted by atomic mass is 9.85. The van der Waals surface area contributed by atoms with Crippen molar-refractivity contribution in [2.24, 2.45) is 5.92 Å². The van der Waals surface area contributed by atoms with E-state index < -0.39 is 11.8 Å². The van der Waals surface area contributed by atoms with Gasteiger partial charge in [0.25, 0.3) is 11.7 Å². The van der Waals surface area contributed by atoms with Crippen LogP contribution in [-0.4, -0.2) is 32.0 Å². The molecule has 0 aliphatic heterocycles. The number of hydrogen-bond acceptors (Lipinski definition) is 4. The zero-order valence-corrected chi connectivity index (χ0v) is 11.3. The number of aromatic nitrogens is 4. The third kappa shape index (κ3) is 2.44. The maximum Gasteiger partial charge on any atom is 0.254 e. The molecule has 0 aromatic carbocycles. The van der Waals surface area contributed by atoms with Crippen molar-refractivity contribution in [2.75, 3.05) is 11.9 Å². The van der Waals surface area contributed by atoms with Crippen LogP contribution in [0.25, 0.3) is 5.78 Å². The van der Waals surface area contributed by atoms with Crippen molar-refractivity contribution in [1.29, 1.82) is 0 Å². The predicted octanol–water partition coefficient (Wildman–Crippen LogP) is 2.67. The zero-order chi connectivity index (χ0) is 14.2. The van der Waals surface area contributed by atoms with E-state index in [1.807, 2.05) is 6.92 Å². The average molecular weight is 281 g/mol. The molecule has 108 valence electrons. The van der Waals surface area contributed by atoms with Crippen molar-refractivity contribution in [3.63, 3.8) is 0 Å². The molecule has 7 heteroatoms. The Bertz CT molecular complexity index is 610. The van der Waals surface area contributed by atoms with Gasteiger partial charge in [0.2, 0.25) is 0 Å². The van der Waals surface area contributed by atoms with Gasteiger partial charge in [-0.1, -0.05) is 6.42 Å². The molecule has 1 fully saturated rings. The first-order valence-corrected chi connectivity index (χ1v) is 6.85. The molecular weight excluding hydrogens is 264 g/mol. The first-order chi connectivity index (χ1) is 9.56. The molecular formula is C13H17F2N5. The topological polar surface area (TPSA) is 55.1 Å². The molecule has 3 rings (SSSR count). The van der Waals surface area contributed by atoms with Crippen molar-refractivity contribution < 1.29 is 8.78 Å². The van der Waals surface area contributed by atoms with E-state index in [0.29, 0.717) is 24.4 Å². The van der Waals surface area contributed by atoms with Gasteiger partial charge in [-0.2, -0.15) is 14.6 Å². The number of anilines is 1. The summed E-state index contributed by atoms with van der Waals surface area (Å²) in [6, 6.07) is 1.79. The average Bonchev–Trinajstić information content (AvgIpc) is 2.84. The van der Waals surface area contributed by atoms with Crippen LogP contribution in [0.5, 0.6) is 0 Å². The molecule has 2 aromatic rings. The molecule has 1 aliphatic carbocycles. The molecule has 1 unspecified atom stereocenters. The molecule has 0 spiro atoms. The fraction of sp³-hybridized carbons (Fsp3) is 0.615. The molecule has 1 atom stereocenters. The Hall–Kier alpha value is -1.79. The Morgan fingerprint density at radius 1 is 1.45 bits per heavy atom. The summed E-state index contributed by atoms with van der Waals surface area (Å²) >= 11 is 0. The van der Waals surface area contributed by atoms with Gasteiger partial charge >= 0.3 is 0 Å². The van der Waals surface area contributed by atoms with Gasteiger partial charge in [-0.25, -0.2) is 13.8 Å². The minimum atomic E-state index is -2.57. The highest BCUT2D eigenvalue weighted by molar-refractivity contribution is 5.44. The van der Waals surface area contributed by atoms with Crippen LogP contribution in [0.1, 0.15) is 31.4 Å². The maximum absolute atomic E-state index is 13.8. The third-order valence-corrected chi connectivity index (χ3v) is 3.82. The molecule has 20 heavy (non-hydrogen) atoms. The Balaban J connectivity index is 1.78. The lowest BCUT2D eigenvalue weighted by Gasteiger charge is -2.31. The number of aryl methyl sites for hydroxylation is 1. The second-order valence-electron chi connectivity index (χ2n) is 5.34. The van der Waals surface area contributed by atoms with E-state index >= 15 is 0 Å². The van der Waals surface area contributed by atoms with Gasteiger partial charge in [-0.05, 0) is 19.8 Å². The molecule has 0 radical (unpaired) electrons. The second kappa shape index (κ2) is 4.96. The summed E-state index contributed by atoms with van der Waals surface area (Å²) in [5, 5.41) is 7.13. The molecule has 0 amide bonds. The molecule has 5 nitrogen and oxygen atoms in total. The number of halogens is 2. The van der Waals surface area contributed by atoms with Crippen LogP contribution in [0.3, 0.4) is 0 Å². The van der Waals surface area contributed by atoms with Gasteiger partial charge in [0.05, 0.1) is 0 Å². The molecule has 0 bridgehead atoms. The van der Waals surface area contributed by atoms with E-state index in [9.17, 15) is 8.78 Å². The summed E-state index contributed by atoms with van der Waals surface area (Å²) in [5.74, 6) is -2.06. The number of hydrogen-bond donors (Lipinski definition) is 1. The number of fused-ring (bicyclic) bond motifs is 1. The largest absolute Gasteiger partial charge is 0.369 e. The van der Waals surface area contributed by atoms with E-state index in [0.717, 1.165) is 12.1 Å². The normalized spacial score (nSPS) is 22.1. The maximum atomic E-state index is 13.8. The molecule has 1 N–H and O–H groups in total. The summed E-state index contributed by atoms with van der Waals surface area (Å²) < 4.78 is 29.2. The number of nitrogens with one attached hydrogen (secondary N) is 1. The number of alkyl halides is 2. The minimum Gasteiger partial charge on any atom is -0.369 e. The van der Waals surface area contributed by atoms with Crippen LogP contribution in [-0.2, 0) is 0 Å². The Morgan fingerprint density at radius 2 is 2.30 bits per heavy atom. The summed E-state index contributed by atoms with van der Waals surface area (Å²) in [6.45, 7) is 2.08. The molecule has 2 heterocycles. The molecule has 1 aliphatic rings. The SMILES string of the molecule is Cc1cc(NCC2CCCCC2(F)F)n2ncnc2n1. The quantitative estimate of drug-likeness (QED) is 0.939. The van der Waals surface area contributed by atoms with Crippen molar-refractivity contribution >= 4 is 11.6 Å². The van der Waals surface area contributed by atoms with Crippen LogP contribution in [0, 0.1) is 12.8 Å². The minimum absolute atomic E-state index is 0.00649. The second-order valence-corrected chi connectivity index (χ2v) is 5.34. The lowest BCUT2D eigenvalue weighted by Crippen LogP contribution is -2.36. The Labute approximate surface area is 115 Å². The van der Waals surface area contributed by atoms with Crippen molar-refractivity contribution in [2.45, 2.75) is 38.5 Å². The molecule has 1 saturated carbocycles. The van der Waals surface area contributed by atoms with Gasteiger partial charge in [0.1, 0.15) is 12.1 Å². The highest BCUT2D eigenvalue weighted by atomic mass is 19.3. The van der Waals surface area contributed by atoms with Crippen molar-refractivity contribution in [3.8, 4) is 0 Å². The van der Waals surface area contributed by atoms with Crippen LogP contribution in [0.4, 0.5) is 14.6 Å². The Morgan fingerprint density at radius 3 is 3.10 bits per heavy atom. The number of nitrogens with zero attached hydrogens (tertiary/aromatic N) is 4. The third-order valence-electron chi connectivity index (χ3n) is 3.82. The van der Waals surface area contributed by atoms with Crippen LogP contribution in [0.15, 0.2) is 12.4 Å². The lowest BCUT2D eigenvalue weighted by molar-refractivity contribution is -0.0802.